The molecule has 3 rings (SSSR count). The number of amides is 4. The molecule has 4 amide bonds. The predicted octanol–water partition coefficient (Wildman–Crippen LogP) is 3.43. The number of carbonyl (C=O) groups is 4. The molecular formula is C39H53N5O6. The molecule has 3 aromatic rings. The zero-order valence-electron chi connectivity index (χ0n) is 29.7. The van der Waals surface area contributed by atoms with Crippen LogP contribution in [0.25, 0.3) is 0 Å². The summed E-state index contributed by atoms with van der Waals surface area (Å²) < 4.78 is 5.46. The van der Waals surface area contributed by atoms with Crippen LogP contribution in [0.3, 0.4) is 0 Å². The molecule has 0 saturated heterocycles. The minimum atomic E-state index is -1.11. The van der Waals surface area contributed by atoms with Crippen molar-refractivity contribution >= 4 is 23.8 Å². The number of alkyl carbamates (subject to hydrolysis) is 1. The van der Waals surface area contributed by atoms with Crippen LogP contribution in [0.5, 0.6) is 0 Å². The highest BCUT2D eigenvalue weighted by atomic mass is 16.6. The van der Waals surface area contributed by atoms with Gasteiger partial charge in [-0.25, -0.2) is 4.79 Å². The van der Waals surface area contributed by atoms with E-state index in [9.17, 15) is 24.3 Å². The molecule has 7 N–H and O–H groups in total. The number of hydrogen-bond acceptors (Lipinski definition) is 7. The lowest BCUT2D eigenvalue weighted by atomic mass is 9.96. The third kappa shape index (κ3) is 13.6. The van der Waals surface area contributed by atoms with Crippen molar-refractivity contribution in [3.05, 3.63) is 108 Å². The third-order valence-electron chi connectivity index (χ3n) is 8.37. The number of primary amides is 1. The molecule has 1 unspecified atom stereocenters. The Morgan fingerprint density at radius 2 is 1.20 bits per heavy atom. The number of aliphatic hydroxyl groups excluding tert-OH is 1. The number of hydrogen-bond donors (Lipinski definition) is 6. The lowest BCUT2D eigenvalue weighted by Crippen LogP contribution is -2.59. The van der Waals surface area contributed by atoms with Crippen LogP contribution in [0.4, 0.5) is 4.79 Å². The molecule has 6 atom stereocenters. The van der Waals surface area contributed by atoms with Crippen LogP contribution < -0.4 is 27.0 Å². The number of rotatable bonds is 18. The van der Waals surface area contributed by atoms with E-state index >= 15 is 0 Å². The van der Waals surface area contributed by atoms with E-state index in [2.05, 4.69) is 21.3 Å². The van der Waals surface area contributed by atoms with Crippen LogP contribution in [0, 0.1) is 5.92 Å². The summed E-state index contributed by atoms with van der Waals surface area (Å²) in [6, 6.07) is 24.5. The largest absolute Gasteiger partial charge is 0.444 e. The Morgan fingerprint density at radius 3 is 1.66 bits per heavy atom. The molecule has 3 aromatic carbocycles. The first-order valence-electron chi connectivity index (χ1n) is 17.2. The summed E-state index contributed by atoms with van der Waals surface area (Å²) in [5.41, 5.74) is 7.53. The lowest BCUT2D eigenvalue weighted by molar-refractivity contribution is -0.133. The second kappa shape index (κ2) is 19.4. The molecule has 270 valence electrons. The van der Waals surface area contributed by atoms with Gasteiger partial charge in [-0.1, -0.05) is 111 Å². The molecule has 11 heteroatoms. The molecule has 0 bridgehead atoms. The first kappa shape index (κ1) is 39.7. The Bertz CT molecular complexity index is 1500. The van der Waals surface area contributed by atoms with Gasteiger partial charge in [0.2, 0.25) is 17.7 Å². The smallest absolute Gasteiger partial charge is 0.407 e. The van der Waals surface area contributed by atoms with Crippen LogP contribution in [0.1, 0.15) is 57.7 Å². The number of nitrogens with one attached hydrogen (secondary N) is 4. The van der Waals surface area contributed by atoms with Gasteiger partial charge in [0.15, 0.2) is 0 Å². The SMILES string of the molecule is CCC(C)[C@H](NC(=O)[C@H](Cc1ccccc1)NC[C@@H](O)[C@H](Cc1ccccc1)NC(=O)OC(C)(C)C)C(=O)N[C@@H](Cc1ccccc1)C(N)=O. The van der Waals surface area contributed by atoms with E-state index < -0.39 is 59.7 Å². The van der Waals surface area contributed by atoms with Crippen molar-refractivity contribution in [2.75, 3.05) is 6.54 Å². The van der Waals surface area contributed by atoms with E-state index in [1.54, 1.807) is 20.8 Å². The Balaban J connectivity index is 1.80. The zero-order chi connectivity index (χ0) is 36.7. The lowest BCUT2D eigenvalue weighted by Gasteiger charge is -2.30. The van der Waals surface area contributed by atoms with Crippen molar-refractivity contribution < 1.29 is 29.0 Å². The summed E-state index contributed by atoms with van der Waals surface area (Å²) in [6.45, 7) is 8.98. The Labute approximate surface area is 295 Å². The fraction of sp³-hybridized carbons (Fsp3) is 0.436. The summed E-state index contributed by atoms with van der Waals surface area (Å²) >= 11 is 0. The van der Waals surface area contributed by atoms with Crippen molar-refractivity contribution in [3.8, 4) is 0 Å². The van der Waals surface area contributed by atoms with Gasteiger partial charge in [0.05, 0.1) is 18.2 Å². The van der Waals surface area contributed by atoms with Crippen molar-refractivity contribution in [2.45, 2.75) is 96.2 Å². The van der Waals surface area contributed by atoms with Gasteiger partial charge in [-0.05, 0) is 56.2 Å². The molecule has 0 heterocycles. The molecule has 11 nitrogen and oxygen atoms in total. The van der Waals surface area contributed by atoms with Crippen LogP contribution in [0.15, 0.2) is 91.0 Å². The van der Waals surface area contributed by atoms with Gasteiger partial charge in [0, 0.05) is 13.0 Å². The third-order valence-corrected chi connectivity index (χ3v) is 8.37. The molecular weight excluding hydrogens is 634 g/mol. The quantitative estimate of drug-likeness (QED) is 0.119. The maximum absolute atomic E-state index is 14.0. The van der Waals surface area contributed by atoms with Gasteiger partial charge in [-0.2, -0.15) is 0 Å². The fourth-order valence-electron chi connectivity index (χ4n) is 5.41. The minimum Gasteiger partial charge on any atom is -0.444 e. The minimum absolute atomic E-state index is 0.0563. The van der Waals surface area contributed by atoms with Gasteiger partial charge < -0.3 is 36.8 Å². The highest BCUT2D eigenvalue weighted by Gasteiger charge is 2.32. The molecule has 0 aliphatic heterocycles. The molecule has 0 fully saturated rings. The van der Waals surface area contributed by atoms with Crippen molar-refractivity contribution in [2.24, 2.45) is 11.7 Å². The first-order chi connectivity index (χ1) is 23.8. The maximum atomic E-state index is 14.0. The average molecular weight is 688 g/mol. The molecule has 0 aromatic heterocycles. The highest BCUT2D eigenvalue weighted by Crippen LogP contribution is 2.14. The van der Waals surface area contributed by atoms with Gasteiger partial charge in [0.1, 0.15) is 17.7 Å². The molecule has 0 aliphatic carbocycles. The molecule has 0 aliphatic rings. The van der Waals surface area contributed by atoms with E-state index in [-0.39, 0.29) is 25.3 Å². The summed E-state index contributed by atoms with van der Waals surface area (Å²) in [4.78, 5) is 52.7. The summed E-state index contributed by atoms with van der Waals surface area (Å²) in [7, 11) is 0. The van der Waals surface area contributed by atoms with Gasteiger partial charge in [0.25, 0.3) is 0 Å². The summed E-state index contributed by atoms with van der Waals surface area (Å²) in [5.74, 6) is -1.94. The summed E-state index contributed by atoms with van der Waals surface area (Å²) in [5, 5.41) is 23.1. The second-order valence-corrected chi connectivity index (χ2v) is 13.7. The van der Waals surface area contributed by atoms with E-state index in [1.807, 2.05) is 105 Å². The van der Waals surface area contributed by atoms with Crippen molar-refractivity contribution in [3.63, 3.8) is 0 Å². The van der Waals surface area contributed by atoms with Crippen LogP contribution in [-0.2, 0) is 38.4 Å². The second-order valence-electron chi connectivity index (χ2n) is 13.7. The van der Waals surface area contributed by atoms with E-state index in [0.717, 1.165) is 16.7 Å². The topological polar surface area (TPSA) is 172 Å². The van der Waals surface area contributed by atoms with Gasteiger partial charge >= 0.3 is 6.09 Å². The monoisotopic (exact) mass is 687 g/mol. The van der Waals surface area contributed by atoms with Crippen LogP contribution >= 0.6 is 0 Å². The number of aliphatic hydroxyl groups is 1. The Morgan fingerprint density at radius 1 is 0.720 bits per heavy atom. The molecule has 0 radical (unpaired) electrons. The number of benzene rings is 3. The van der Waals surface area contributed by atoms with Crippen molar-refractivity contribution in [1.82, 2.24) is 21.3 Å². The van der Waals surface area contributed by atoms with E-state index in [4.69, 9.17) is 10.5 Å². The van der Waals surface area contributed by atoms with Gasteiger partial charge in [-0.15, -0.1) is 0 Å². The highest BCUT2D eigenvalue weighted by molar-refractivity contribution is 5.93. The molecule has 0 saturated carbocycles. The number of ether oxygens (including phenoxy) is 1. The number of nitrogens with two attached hydrogens (primary N) is 1. The molecule has 0 spiro atoms. The fourth-order valence-corrected chi connectivity index (χ4v) is 5.41. The average Bonchev–Trinajstić information content (AvgIpc) is 3.08. The van der Waals surface area contributed by atoms with Crippen molar-refractivity contribution in [1.29, 1.82) is 0 Å². The standard InChI is InChI=1S/C39H53N5O6/c1-6-26(2)34(37(48)42-31(35(40)46)23-28-18-12-8-13-19-28)44-36(47)32(24-29-20-14-9-15-21-29)41-25-33(45)30(22-27-16-10-7-11-17-27)43-38(49)50-39(3,4)5/h7-21,26,30-34,41,45H,6,22-25H2,1-5H3,(H2,40,46)(H,42,48)(H,43,49)(H,44,47)/t26?,30-,31-,32-,33+,34-/m0/s1. The molecule has 50 heavy (non-hydrogen) atoms. The maximum Gasteiger partial charge on any atom is 0.407 e. The Hall–Kier alpha value is -4.74. The summed E-state index contributed by atoms with van der Waals surface area (Å²) in [6.07, 6.45) is -0.420. The van der Waals surface area contributed by atoms with E-state index in [0.29, 0.717) is 12.8 Å². The van der Waals surface area contributed by atoms with Crippen LogP contribution in [-0.4, -0.2) is 71.3 Å². The predicted molar refractivity (Wildman–Crippen MR) is 194 cm³/mol. The normalized spacial score (nSPS) is 15.0. The van der Waals surface area contributed by atoms with Gasteiger partial charge in [-0.3, -0.25) is 14.4 Å². The van der Waals surface area contributed by atoms with Crippen LogP contribution in [0.2, 0.25) is 0 Å². The Kier molecular flexibility index (Phi) is 15.4. The van der Waals surface area contributed by atoms with E-state index in [1.165, 1.54) is 0 Å². The number of carbonyl (C=O) groups excluding carboxylic acids is 4. The first-order valence-corrected chi connectivity index (χ1v) is 17.2. The zero-order valence-corrected chi connectivity index (χ0v) is 29.7.